The summed E-state index contributed by atoms with van der Waals surface area (Å²) < 4.78 is 9.61. The van der Waals surface area contributed by atoms with Crippen LogP contribution >= 0.6 is 35.0 Å². The van der Waals surface area contributed by atoms with E-state index in [0.29, 0.717) is 22.5 Å². The van der Waals surface area contributed by atoms with Gasteiger partial charge in [-0.05, 0) is 38.5 Å². The lowest BCUT2D eigenvalue weighted by Crippen LogP contribution is -2.01. The number of aryl methyl sites for hydroxylation is 1. The number of nitrogens with zero attached hydrogens (tertiary/aromatic N) is 5. The van der Waals surface area contributed by atoms with E-state index < -0.39 is 0 Å². The number of hydrogen-bond donors (Lipinski definition) is 0. The average molecular weight is 426 g/mol. The van der Waals surface area contributed by atoms with Gasteiger partial charge in [0.15, 0.2) is 11.0 Å². The first-order valence-corrected chi connectivity index (χ1v) is 10.5. The van der Waals surface area contributed by atoms with Gasteiger partial charge in [0.1, 0.15) is 5.56 Å². The lowest BCUT2D eigenvalue weighted by Gasteiger charge is -2.08. The Labute approximate surface area is 172 Å². The molecule has 0 bridgehead atoms. The molecule has 0 spiro atoms. The molecule has 0 saturated carbocycles. The second-order valence-corrected chi connectivity index (χ2v) is 7.48. The van der Waals surface area contributed by atoms with Crippen molar-refractivity contribution in [3.8, 4) is 17.3 Å². The van der Waals surface area contributed by atoms with E-state index in [9.17, 15) is 0 Å². The largest absolute Gasteiger partial charge is 0.476 e. The minimum atomic E-state index is 0.549. The molecule has 0 aliphatic carbocycles. The van der Waals surface area contributed by atoms with Crippen molar-refractivity contribution < 1.29 is 4.74 Å². The number of benzene rings is 1. The molecule has 1 aromatic carbocycles. The maximum atomic E-state index is 6.10. The van der Waals surface area contributed by atoms with Crippen molar-refractivity contribution in [3.63, 3.8) is 0 Å². The smallest absolute Gasteiger partial charge is 0.243 e. The van der Waals surface area contributed by atoms with Crippen LogP contribution in [0.25, 0.3) is 11.4 Å². The van der Waals surface area contributed by atoms with Gasteiger partial charge in [-0.3, -0.25) is 4.68 Å². The van der Waals surface area contributed by atoms with Gasteiger partial charge in [0.2, 0.25) is 5.88 Å². The number of ether oxygens (including phenoxy) is 1. The molecule has 0 aliphatic heterocycles. The molecule has 2 aromatic heterocycles. The monoisotopic (exact) mass is 425 g/mol. The number of halogens is 2. The fourth-order valence-corrected chi connectivity index (χ4v) is 3.89. The minimum absolute atomic E-state index is 0.549. The fourth-order valence-electron chi connectivity index (χ4n) is 2.62. The van der Waals surface area contributed by atoms with E-state index in [1.54, 1.807) is 11.8 Å². The first-order chi connectivity index (χ1) is 13.1. The second kappa shape index (κ2) is 8.99. The molecule has 0 radical (unpaired) electrons. The Morgan fingerprint density at radius 2 is 1.89 bits per heavy atom. The third kappa shape index (κ3) is 4.42. The summed E-state index contributed by atoms with van der Waals surface area (Å²) in [4.78, 5) is 0. The number of rotatable bonds is 8. The lowest BCUT2D eigenvalue weighted by molar-refractivity contribution is 0.322. The van der Waals surface area contributed by atoms with Gasteiger partial charge in [-0.25, -0.2) is 0 Å². The lowest BCUT2D eigenvalue weighted by atomic mass is 10.2. The van der Waals surface area contributed by atoms with Gasteiger partial charge in [-0.1, -0.05) is 41.0 Å². The summed E-state index contributed by atoms with van der Waals surface area (Å²) in [7, 11) is 0. The molecular weight excluding hydrogens is 405 g/mol. The first-order valence-electron chi connectivity index (χ1n) is 8.77. The summed E-state index contributed by atoms with van der Waals surface area (Å²) in [6, 6.07) is 5.65. The van der Waals surface area contributed by atoms with Gasteiger partial charge in [0.05, 0.1) is 16.7 Å². The fraction of sp³-hybridized carbons (Fsp3) is 0.389. The van der Waals surface area contributed by atoms with Crippen LogP contribution in [0.15, 0.2) is 29.6 Å². The second-order valence-electron chi connectivity index (χ2n) is 5.72. The van der Waals surface area contributed by atoms with E-state index in [-0.39, 0.29) is 0 Å². The highest BCUT2D eigenvalue weighted by Crippen LogP contribution is 2.32. The Kier molecular flexibility index (Phi) is 6.68. The zero-order valence-corrected chi connectivity index (χ0v) is 17.8. The quantitative estimate of drug-likeness (QED) is 0.465. The highest BCUT2D eigenvalue weighted by Gasteiger charge is 2.20. The van der Waals surface area contributed by atoms with Crippen LogP contribution in [0.4, 0.5) is 0 Å². The van der Waals surface area contributed by atoms with E-state index in [4.69, 9.17) is 27.9 Å². The van der Waals surface area contributed by atoms with Gasteiger partial charge < -0.3 is 9.30 Å². The summed E-state index contributed by atoms with van der Waals surface area (Å²) in [6.45, 7) is 8.11. The molecule has 0 unspecified atom stereocenters. The van der Waals surface area contributed by atoms with Gasteiger partial charge in [0, 0.05) is 25.0 Å². The van der Waals surface area contributed by atoms with Crippen LogP contribution in [-0.4, -0.2) is 31.2 Å². The van der Waals surface area contributed by atoms with E-state index in [0.717, 1.165) is 41.0 Å². The molecule has 0 atom stereocenters. The average Bonchev–Trinajstić information content (AvgIpc) is 3.26. The highest BCUT2D eigenvalue weighted by atomic mass is 35.5. The van der Waals surface area contributed by atoms with Crippen molar-refractivity contribution in [2.24, 2.45) is 0 Å². The maximum Gasteiger partial charge on any atom is 0.243 e. The van der Waals surface area contributed by atoms with Crippen LogP contribution in [0.5, 0.6) is 5.88 Å². The summed E-state index contributed by atoms with van der Waals surface area (Å²) in [6.07, 6.45) is 1.95. The standard InChI is InChI=1S/C18H21Cl2N5OS/c1-4-24-10-13(17(23-24)26-6-3)16-21-22-18(25(16)5-2)27-11-12-7-8-14(19)15(20)9-12/h7-10H,4-6,11H2,1-3H3. The van der Waals surface area contributed by atoms with E-state index in [1.807, 2.05) is 42.9 Å². The molecule has 3 aromatic rings. The number of thioether (sulfide) groups is 1. The molecule has 0 saturated heterocycles. The predicted molar refractivity (Wildman–Crippen MR) is 110 cm³/mol. The third-order valence-corrected chi connectivity index (χ3v) is 5.74. The number of aromatic nitrogens is 5. The third-order valence-electron chi connectivity index (χ3n) is 3.96. The normalized spacial score (nSPS) is 11.1. The molecular formula is C18H21Cl2N5OS. The molecule has 0 aliphatic rings. The topological polar surface area (TPSA) is 57.8 Å². The van der Waals surface area contributed by atoms with Crippen molar-refractivity contribution in [1.29, 1.82) is 0 Å². The first kappa shape index (κ1) is 20.0. The summed E-state index contributed by atoms with van der Waals surface area (Å²) in [5.74, 6) is 2.07. The zero-order valence-electron chi connectivity index (χ0n) is 15.4. The van der Waals surface area contributed by atoms with Crippen LogP contribution in [-0.2, 0) is 18.8 Å². The molecule has 3 rings (SSSR count). The van der Waals surface area contributed by atoms with Crippen molar-refractivity contribution >= 4 is 35.0 Å². The van der Waals surface area contributed by atoms with Gasteiger partial charge >= 0.3 is 0 Å². The van der Waals surface area contributed by atoms with E-state index in [1.165, 1.54) is 0 Å². The molecule has 2 heterocycles. The minimum Gasteiger partial charge on any atom is -0.476 e. The van der Waals surface area contributed by atoms with Crippen LogP contribution < -0.4 is 4.74 Å². The molecule has 0 N–H and O–H groups in total. The van der Waals surface area contributed by atoms with E-state index in [2.05, 4.69) is 26.8 Å². The number of hydrogen-bond acceptors (Lipinski definition) is 5. The molecule has 0 fully saturated rings. The van der Waals surface area contributed by atoms with Crippen LogP contribution in [0.3, 0.4) is 0 Å². The van der Waals surface area contributed by atoms with Crippen molar-refractivity contribution in [2.75, 3.05) is 6.61 Å². The Morgan fingerprint density at radius 3 is 2.56 bits per heavy atom. The maximum absolute atomic E-state index is 6.10. The Hall–Kier alpha value is -1.70. The SMILES string of the molecule is CCOc1nn(CC)cc1-c1nnc(SCc2ccc(Cl)c(Cl)c2)n1CC. The molecule has 6 nitrogen and oxygen atoms in total. The van der Waals surface area contributed by atoms with Crippen LogP contribution in [0, 0.1) is 0 Å². The van der Waals surface area contributed by atoms with Gasteiger partial charge in [-0.15, -0.1) is 15.3 Å². The van der Waals surface area contributed by atoms with Crippen molar-refractivity contribution in [3.05, 3.63) is 40.0 Å². The highest BCUT2D eigenvalue weighted by molar-refractivity contribution is 7.98. The molecule has 144 valence electrons. The van der Waals surface area contributed by atoms with E-state index >= 15 is 0 Å². The Morgan fingerprint density at radius 1 is 1.07 bits per heavy atom. The summed E-state index contributed by atoms with van der Waals surface area (Å²) >= 11 is 13.7. The summed E-state index contributed by atoms with van der Waals surface area (Å²) in [5.41, 5.74) is 1.94. The Balaban J connectivity index is 1.86. The zero-order chi connectivity index (χ0) is 19.4. The molecule has 27 heavy (non-hydrogen) atoms. The molecule has 9 heteroatoms. The predicted octanol–water partition coefficient (Wildman–Crippen LogP) is 5.18. The van der Waals surface area contributed by atoms with Crippen LogP contribution in [0.1, 0.15) is 26.3 Å². The van der Waals surface area contributed by atoms with Crippen molar-refractivity contribution in [1.82, 2.24) is 24.5 Å². The molecule has 0 amide bonds. The summed E-state index contributed by atoms with van der Waals surface area (Å²) in [5, 5.41) is 15.2. The van der Waals surface area contributed by atoms with Crippen molar-refractivity contribution in [2.45, 2.75) is 44.8 Å². The van der Waals surface area contributed by atoms with Gasteiger partial charge in [-0.2, -0.15) is 0 Å². The van der Waals surface area contributed by atoms with Crippen LogP contribution in [0.2, 0.25) is 10.0 Å². The van der Waals surface area contributed by atoms with Gasteiger partial charge in [0.25, 0.3) is 0 Å². The Bertz CT molecular complexity index is 925.